The van der Waals surface area contributed by atoms with E-state index in [4.69, 9.17) is 0 Å². The summed E-state index contributed by atoms with van der Waals surface area (Å²) in [4.78, 5) is 8.34. The van der Waals surface area contributed by atoms with E-state index in [9.17, 15) is 0 Å². The van der Waals surface area contributed by atoms with Gasteiger partial charge in [-0.2, -0.15) is 5.21 Å². The highest BCUT2D eigenvalue weighted by Gasteiger charge is 2.12. The third kappa shape index (κ3) is 2.06. The Labute approximate surface area is 86.3 Å². The van der Waals surface area contributed by atoms with Gasteiger partial charge >= 0.3 is 0 Å². The van der Waals surface area contributed by atoms with E-state index in [1.54, 1.807) is 12.4 Å². The first kappa shape index (κ1) is 9.50. The summed E-state index contributed by atoms with van der Waals surface area (Å²) in [5, 5.41) is 16.8. The molecule has 0 aliphatic rings. The molecule has 0 aromatic carbocycles. The lowest BCUT2D eigenvalue weighted by molar-refractivity contribution is 0.881. The van der Waals surface area contributed by atoms with Gasteiger partial charge in [-0.1, -0.05) is 0 Å². The molecule has 2 heterocycles. The van der Waals surface area contributed by atoms with Gasteiger partial charge in [0.1, 0.15) is 0 Å². The third-order valence-electron chi connectivity index (χ3n) is 1.68. The van der Waals surface area contributed by atoms with Gasteiger partial charge in [0.05, 0.1) is 0 Å². The molecule has 7 heteroatoms. The number of nitrogens with one attached hydrogen (secondary N) is 2. The van der Waals surface area contributed by atoms with Crippen molar-refractivity contribution >= 4 is 5.82 Å². The standard InChI is InChI=1S/C8H11N7/c1-5(2)11-7-6(9-3-4-10-7)8-12-14-15-13-8/h3-5H,1-2H3,(H,10,11)(H,12,13,14,15). The van der Waals surface area contributed by atoms with Crippen molar-refractivity contribution in [2.45, 2.75) is 19.9 Å². The van der Waals surface area contributed by atoms with Crippen molar-refractivity contribution in [1.29, 1.82) is 0 Å². The Hall–Kier alpha value is -2.05. The highest BCUT2D eigenvalue weighted by Crippen LogP contribution is 2.18. The topological polar surface area (TPSA) is 92.3 Å². The van der Waals surface area contributed by atoms with Gasteiger partial charge in [-0.05, 0) is 19.1 Å². The van der Waals surface area contributed by atoms with E-state index in [0.29, 0.717) is 17.3 Å². The van der Waals surface area contributed by atoms with E-state index >= 15 is 0 Å². The van der Waals surface area contributed by atoms with Crippen LogP contribution in [0.25, 0.3) is 11.5 Å². The normalized spacial score (nSPS) is 10.6. The largest absolute Gasteiger partial charge is 0.366 e. The Morgan fingerprint density at radius 3 is 2.73 bits per heavy atom. The third-order valence-corrected chi connectivity index (χ3v) is 1.68. The van der Waals surface area contributed by atoms with Gasteiger partial charge < -0.3 is 5.32 Å². The number of aromatic amines is 1. The first-order valence-corrected chi connectivity index (χ1v) is 4.58. The van der Waals surface area contributed by atoms with Crippen LogP contribution in [0.3, 0.4) is 0 Å². The summed E-state index contributed by atoms with van der Waals surface area (Å²) in [7, 11) is 0. The van der Waals surface area contributed by atoms with Gasteiger partial charge in [-0.3, -0.25) is 0 Å². The summed E-state index contributed by atoms with van der Waals surface area (Å²) in [5.41, 5.74) is 0.597. The second-order valence-corrected chi connectivity index (χ2v) is 3.29. The SMILES string of the molecule is CC(C)Nc1nccnc1-c1nn[nH]n1. The van der Waals surface area contributed by atoms with Crippen molar-refractivity contribution in [1.82, 2.24) is 30.6 Å². The van der Waals surface area contributed by atoms with E-state index in [1.165, 1.54) is 0 Å². The van der Waals surface area contributed by atoms with Crippen LogP contribution in [0.5, 0.6) is 0 Å². The van der Waals surface area contributed by atoms with Crippen LogP contribution >= 0.6 is 0 Å². The maximum absolute atomic E-state index is 4.18. The van der Waals surface area contributed by atoms with Crippen molar-refractivity contribution in [2.24, 2.45) is 0 Å². The number of aromatic nitrogens is 6. The summed E-state index contributed by atoms with van der Waals surface area (Å²) >= 11 is 0. The molecule has 0 spiro atoms. The number of nitrogens with zero attached hydrogens (tertiary/aromatic N) is 5. The molecule has 2 aromatic rings. The molecule has 2 N–H and O–H groups in total. The fraction of sp³-hybridized carbons (Fsp3) is 0.375. The van der Waals surface area contributed by atoms with Crippen LogP contribution in [0, 0.1) is 0 Å². The lowest BCUT2D eigenvalue weighted by Gasteiger charge is -2.10. The molecule has 0 atom stereocenters. The molecule has 0 amide bonds. The van der Waals surface area contributed by atoms with Crippen molar-refractivity contribution < 1.29 is 0 Å². The fourth-order valence-corrected chi connectivity index (χ4v) is 1.14. The Balaban J connectivity index is 2.38. The minimum atomic E-state index is 0.271. The highest BCUT2D eigenvalue weighted by molar-refractivity contribution is 5.64. The van der Waals surface area contributed by atoms with Crippen LogP contribution in [0.2, 0.25) is 0 Å². The molecule has 0 unspecified atom stereocenters. The maximum Gasteiger partial charge on any atom is 0.226 e. The number of tetrazole rings is 1. The zero-order chi connectivity index (χ0) is 10.7. The summed E-state index contributed by atoms with van der Waals surface area (Å²) in [6.07, 6.45) is 3.21. The Kier molecular flexibility index (Phi) is 2.53. The highest BCUT2D eigenvalue weighted by atomic mass is 15.5. The Morgan fingerprint density at radius 2 is 2.07 bits per heavy atom. The molecule has 15 heavy (non-hydrogen) atoms. The van der Waals surface area contributed by atoms with Crippen LogP contribution in [0.4, 0.5) is 5.82 Å². The Bertz CT molecular complexity index is 422. The van der Waals surface area contributed by atoms with Crippen LogP contribution in [-0.2, 0) is 0 Å². The summed E-state index contributed by atoms with van der Waals surface area (Å²) < 4.78 is 0. The molecule has 0 bridgehead atoms. The molecule has 0 aliphatic heterocycles. The van der Waals surface area contributed by atoms with E-state index in [-0.39, 0.29) is 6.04 Å². The molecule has 0 saturated heterocycles. The molecule has 7 nitrogen and oxygen atoms in total. The van der Waals surface area contributed by atoms with Gasteiger partial charge in [-0.25, -0.2) is 9.97 Å². The molecule has 2 rings (SSSR count). The summed E-state index contributed by atoms with van der Waals surface area (Å²) in [5.74, 6) is 1.10. The van der Waals surface area contributed by atoms with Crippen molar-refractivity contribution in [3.63, 3.8) is 0 Å². The minimum absolute atomic E-state index is 0.271. The van der Waals surface area contributed by atoms with Crippen LogP contribution < -0.4 is 5.32 Å². The number of H-pyrrole nitrogens is 1. The average Bonchev–Trinajstić information content (AvgIpc) is 2.70. The molecule has 0 saturated carbocycles. The predicted octanol–water partition coefficient (Wildman–Crippen LogP) is 0.477. The van der Waals surface area contributed by atoms with Crippen LogP contribution in [-0.4, -0.2) is 36.6 Å². The number of anilines is 1. The number of hydrogen-bond donors (Lipinski definition) is 2. The number of rotatable bonds is 3. The maximum atomic E-state index is 4.18. The predicted molar refractivity (Wildman–Crippen MR) is 54.0 cm³/mol. The van der Waals surface area contributed by atoms with Gasteiger partial charge in [0.15, 0.2) is 11.5 Å². The van der Waals surface area contributed by atoms with Crippen LogP contribution in [0.1, 0.15) is 13.8 Å². The molecule has 0 aliphatic carbocycles. The van der Waals surface area contributed by atoms with Crippen molar-refractivity contribution in [2.75, 3.05) is 5.32 Å². The van der Waals surface area contributed by atoms with Crippen LogP contribution in [0.15, 0.2) is 12.4 Å². The van der Waals surface area contributed by atoms with Gasteiger partial charge in [0, 0.05) is 18.4 Å². The van der Waals surface area contributed by atoms with Gasteiger partial charge in [-0.15, -0.1) is 10.2 Å². The first-order chi connectivity index (χ1) is 7.27. The van der Waals surface area contributed by atoms with E-state index < -0.39 is 0 Å². The van der Waals surface area contributed by atoms with Gasteiger partial charge in [0.2, 0.25) is 5.82 Å². The second-order valence-electron chi connectivity index (χ2n) is 3.29. The van der Waals surface area contributed by atoms with Gasteiger partial charge in [0.25, 0.3) is 0 Å². The summed E-state index contributed by atoms with van der Waals surface area (Å²) in [6, 6.07) is 0.271. The minimum Gasteiger partial charge on any atom is -0.366 e. The fourth-order valence-electron chi connectivity index (χ4n) is 1.14. The smallest absolute Gasteiger partial charge is 0.226 e. The molecular weight excluding hydrogens is 194 g/mol. The molecular formula is C8H11N7. The quantitative estimate of drug-likeness (QED) is 0.757. The Morgan fingerprint density at radius 1 is 1.27 bits per heavy atom. The van der Waals surface area contributed by atoms with E-state index in [0.717, 1.165) is 0 Å². The van der Waals surface area contributed by atoms with E-state index in [1.807, 2.05) is 13.8 Å². The molecule has 2 aromatic heterocycles. The van der Waals surface area contributed by atoms with E-state index in [2.05, 4.69) is 35.9 Å². The lowest BCUT2D eigenvalue weighted by Crippen LogP contribution is -2.12. The monoisotopic (exact) mass is 205 g/mol. The molecule has 78 valence electrons. The van der Waals surface area contributed by atoms with Crippen molar-refractivity contribution in [3.05, 3.63) is 12.4 Å². The second kappa shape index (κ2) is 3.99. The molecule has 0 radical (unpaired) electrons. The first-order valence-electron chi connectivity index (χ1n) is 4.58. The lowest BCUT2D eigenvalue weighted by atomic mass is 10.3. The zero-order valence-corrected chi connectivity index (χ0v) is 8.47. The molecule has 0 fully saturated rings. The number of hydrogen-bond acceptors (Lipinski definition) is 6. The average molecular weight is 205 g/mol. The van der Waals surface area contributed by atoms with Crippen molar-refractivity contribution in [3.8, 4) is 11.5 Å². The summed E-state index contributed by atoms with van der Waals surface area (Å²) in [6.45, 7) is 4.05. The zero-order valence-electron chi connectivity index (χ0n) is 8.47.